The summed E-state index contributed by atoms with van der Waals surface area (Å²) in [5, 5.41) is 0. The zero-order chi connectivity index (χ0) is 9.26. The summed E-state index contributed by atoms with van der Waals surface area (Å²) in [7, 11) is 0. The van der Waals surface area contributed by atoms with Gasteiger partial charge in [0.1, 0.15) is 5.82 Å². The Kier molecular flexibility index (Phi) is 2.05. The lowest BCUT2D eigenvalue weighted by Crippen LogP contribution is -1.82. The second-order valence-electron chi connectivity index (χ2n) is 3.28. The fraction of sp³-hybridized carbons (Fsp3) is 0.273. The van der Waals surface area contributed by atoms with Gasteiger partial charge in [0.15, 0.2) is 0 Å². The monoisotopic (exact) mass is 177 g/mol. The summed E-state index contributed by atoms with van der Waals surface area (Å²) < 4.78 is 14.6. The number of hydrogen-bond acceptors (Lipinski definition) is 0. The van der Waals surface area contributed by atoms with Crippen LogP contribution in [0.2, 0.25) is 0 Å². The van der Waals surface area contributed by atoms with E-state index < -0.39 is 0 Å². The standard InChI is InChI=1S/C11H12FN/c1-2-3-9-6-11-5-4-10(12)8-13(11)7-9/h4-8H,2-3H2,1H3. The first-order valence-electron chi connectivity index (χ1n) is 4.56. The van der Waals surface area contributed by atoms with Crippen molar-refractivity contribution in [3.63, 3.8) is 0 Å². The molecule has 13 heavy (non-hydrogen) atoms. The number of aromatic nitrogens is 1. The lowest BCUT2D eigenvalue weighted by atomic mass is 10.2. The first-order valence-corrected chi connectivity index (χ1v) is 4.56. The molecule has 0 unspecified atom stereocenters. The SMILES string of the molecule is CCCc1cc2ccc(F)cn2c1. The molecule has 2 heterocycles. The first kappa shape index (κ1) is 8.30. The molecule has 0 aliphatic rings. The predicted molar refractivity (Wildman–Crippen MR) is 51.4 cm³/mol. The van der Waals surface area contributed by atoms with Crippen LogP contribution in [0.5, 0.6) is 0 Å². The van der Waals surface area contributed by atoms with E-state index in [9.17, 15) is 4.39 Å². The van der Waals surface area contributed by atoms with Gasteiger partial charge < -0.3 is 4.40 Å². The van der Waals surface area contributed by atoms with E-state index in [0.717, 1.165) is 18.4 Å². The molecular weight excluding hydrogens is 165 g/mol. The highest BCUT2D eigenvalue weighted by molar-refractivity contribution is 5.50. The zero-order valence-electron chi connectivity index (χ0n) is 7.63. The second kappa shape index (κ2) is 3.21. The molecule has 2 heteroatoms. The van der Waals surface area contributed by atoms with Gasteiger partial charge in [0.05, 0.1) is 0 Å². The number of fused-ring (bicyclic) bond motifs is 1. The van der Waals surface area contributed by atoms with Crippen molar-refractivity contribution in [2.75, 3.05) is 0 Å². The van der Waals surface area contributed by atoms with Crippen LogP contribution in [-0.2, 0) is 6.42 Å². The average molecular weight is 177 g/mol. The molecule has 1 nitrogen and oxygen atoms in total. The minimum absolute atomic E-state index is 0.189. The zero-order valence-corrected chi connectivity index (χ0v) is 7.63. The first-order chi connectivity index (χ1) is 6.29. The molecule has 0 saturated carbocycles. The Morgan fingerprint density at radius 2 is 2.15 bits per heavy atom. The molecule has 0 amide bonds. The number of rotatable bonds is 2. The lowest BCUT2D eigenvalue weighted by Gasteiger charge is -1.92. The largest absolute Gasteiger partial charge is 0.321 e. The molecule has 2 rings (SSSR count). The van der Waals surface area contributed by atoms with Gasteiger partial charge in [-0.2, -0.15) is 0 Å². The summed E-state index contributed by atoms with van der Waals surface area (Å²) in [6, 6.07) is 5.39. The quantitative estimate of drug-likeness (QED) is 0.664. The van der Waals surface area contributed by atoms with Gasteiger partial charge in [-0.25, -0.2) is 4.39 Å². The molecule has 0 atom stereocenters. The Morgan fingerprint density at radius 3 is 2.92 bits per heavy atom. The van der Waals surface area contributed by atoms with Crippen molar-refractivity contribution in [1.29, 1.82) is 0 Å². The maximum atomic E-state index is 12.8. The fourth-order valence-electron chi connectivity index (χ4n) is 1.57. The maximum Gasteiger partial charge on any atom is 0.139 e. The number of hydrogen-bond donors (Lipinski definition) is 0. The van der Waals surface area contributed by atoms with Gasteiger partial charge in [-0.3, -0.25) is 0 Å². The van der Waals surface area contributed by atoms with Gasteiger partial charge in [0, 0.05) is 17.9 Å². The highest BCUT2D eigenvalue weighted by atomic mass is 19.1. The minimum Gasteiger partial charge on any atom is -0.321 e. The molecule has 0 aliphatic carbocycles. The average Bonchev–Trinajstić information content (AvgIpc) is 2.46. The van der Waals surface area contributed by atoms with E-state index in [1.165, 1.54) is 17.8 Å². The Balaban J connectivity index is 2.49. The van der Waals surface area contributed by atoms with Crippen LogP contribution in [0.3, 0.4) is 0 Å². The van der Waals surface area contributed by atoms with E-state index in [1.54, 1.807) is 6.07 Å². The molecule has 0 spiro atoms. The van der Waals surface area contributed by atoms with Crippen LogP contribution in [0.4, 0.5) is 4.39 Å². The van der Waals surface area contributed by atoms with Gasteiger partial charge >= 0.3 is 0 Å². The number of nitrogens with zero attached hydrogens (tertiary/aromatic N) is 1. The van der Waals surface area contributed by atoms with Gasteiger partial charge in [0.25, 0.3) is 0 Å². The summed E-state index contributed by atoms with van der Waals surface area (Å²) in [4.78, 5) is 0. The third kappa shape index (κ3) is 1.57. The molecular formula is C11H12FN. The topological polar surface area (TPSA) is 4.41 Å². The van der Waals surface area contributed by atoms with Crippen molar-refractivity contribution < 1.29 is 4.39 Å². The number of aryl methyl sites for hydroxylation is 1. The van der Waals surface area contributed by atoms with Crippen molar-refractivity contribution in [3.8, 4) is 0 Å². The van der Waals surface area contributed by atoms with Crippen LogP contribution < -0.4 is 0 Å². The van der Waals surface area contributed by atoms with E-state index in [-0.39, 0.29) is 5.82 Å². The minimum atomic E-state index is -0.189. The molecule has 0 aromatic carbocycles. The van der Waals surface area contributed by atoms with E-state index >= 15 is 0 Å². The summed E-state index contributed by atoms with van der Waals surface area (Å²) >= 11 is 0. The Hall–Kier alpha value is -1.31. The normalized spacial score (nSPS) is 10.9. The highest BCUT2D eigenvalue weighted by Crippen LogP contribution is 2.12. The van der Waals surface area contributed by atoms with Crippen molar-refractivity contribution in [1.82, 2.24) is 4.40 Å². The molecule has 2 aromatic rings. The third-order valence-electron chi connectivity index (χ3n) is 2.15. The number of pyridine rings is 1. The molecule has 0 bridgehead atoms. The third-order valence-corrected chi connectivity index (χ3v) is 2.15. The van der Waals surface area contributed by atoms with Crippen molar-refractivity contribution >= 4 is 5.52 Å². The summed E-state index contributed by atoms with van der Waals surface area (Å²) in [6.07, 6.45) is 5.68. The van der Waals surface area contributed by atoms with Crippen LogP contribution in [0.25, 0.3) is 5.52 Å². The summed E-state index contributed by atoms with van der Waals surface area (Å²) in [6.45, 7) is 2.14. The Morgan fingerprint density at radius 1 is 1.31 bits per heavy atom. The molecule has 68 valence electrons. The van der Waals surface area contributed by atoms with Crippen LogP contribution >= 0.6 is 0 Å². The lowest BCUT2D eigenvalue weighted by molar-refractivity contribution is 0.619. The molecule has 2 aromatic heterocycles. The fourth-order valence-corrected chi connectivity index (χ4v) is 1.57. The highest BCUT2D eigenvalue weighted by Gasteiger charge is 1.98. The van der Waals surface area contributed by atoms with Crippen LogP contribution in [0.1, 0.15) is 18.9 Å². The molecule has 0 radical (unpaired) electrons. The Bertz CT molecular complexity index is 417. The van der Waals surface area contributed by atoms with E-state index in [1.807, 2.05) is 10.6 Å². The van der Waals surface area contributed by atoms with Gasteiger partial charge in [-0.05, 0) is 30.2 Å². The van der Waals surface area contributed by atoms with Gasteiger partial charge in [-0.15, -0.1) is 0 Å². The van der Waals surface area contributed by atoms with Gasteiger partial charge in [-0.1, -0.05) is 13.3 Å². The molecule has 0 fully saturated rings. The predicted octanol–water partition coefficient (Wildman–Crippen LogP) is 3.03. The van der Waals surface area contributed by atoms with E-state index in [0.29, 0.717) is 0 Å². The Labute approximate surface area is 76.8 Å². The van der Waals surface area contributed by atoms with E-state index in [2.05, 4.69) is 13.0 Å². The summed E-state index contributed by atoms with van der Waals surface area (Å²) in [5.74, 6) is -0.189. The summed E-state index contributed by atoms with van der Waals surface area (Å²) in [5.41, 5.74) is 2.33. The van der Waals surface area contributed by atoms with Crippen molar-refractivity contribution in [2.24, 2.45) is 0 Å². The van der Waals surface area contributed by atoms with Crippen LogP contribution in [0, 0.1) is 5.82 Å². The van der Waals surface area contributed by atoms with Crippen molar-refractivity contribution in [3.05, 3.63) is 42.0 Å². The smallest absolute Gasteiger partial charge is 0.139 e. The maximum absolute atomic E-state index is 12.8. The van der Waals surface area contributed by atoms with Crippen LogP contribution in [-0.4, -0.2) is 4.40 Å². The number of halogens is 1. The molecule has 0 saturated heterocycles. The molecule has 0 N–H and O–H groups in total. The van der Waals surface area contributed by atoms with Crippen LogP contribution in [0.15, 0.2) is 30.6 Å². The van der Waals surface area contributed by atoms with Crippen molar-refractivity contribution in [2.45, 2.75) is 19.8 Å². The van der Waals surface area contributed by atoms with E-state index in [4.69, 9.17) is 0 Å². The van der Waals surface area contributed by atoms with Gasteiger partial charge in [0.2, 0.25) is 0 Å². The second-order valence-corrected chi connectivity index (χ2v) is 3.28. The molecule has 0 aliphatic heterocycles.